The van der Waals surface area contributed by atoms with Crippen LogP contribution in [0.4, 0.5) is 0 Å². The van der Waals surface area contributed by atoms with E-state index in [0.717, 1.165) is 6.54 Å². The Morgan fingerprint density at radius 2 is 2.27 bits per heavy atom. The van der Waals surface area contributed by atoms with Gasteiger partial charge in [0.2, 0.25) is 5.91 Å². The first-order chi connectivity index (χ1) is 7.16. The lowest BCUT2D eigenvalue weighted by Crippen LogP contribution is -2.42. The van der Waals surface area contributed by atoms with Crippen LogP contribution in [-0.4, -0.2) is 25.5 Å². The maximum atomic E-state index is 11.2. The van der Waals surface area contributed by atoms with E-state index in [1.165, 1.54) is 19.3 Å². The quantitative estimate of drug-likeness (QED) is 0.636. The molecule has 1 rings (SSSR count). The summed E-state index contributed by atoms with van der Waals surface area (Å²) in [5.74, 6) is -0.0202. The van der Waals surface area contributed by atoms with Crippen molar-refractivity contribution in [2.75, 3.05) is 19.6 Å². The first-order valence-corrected chi connectivity index (χ1v) is 5.51. The van der Waals surface area contributed by atoms with E-state index in [0.29, 0.717) is 24.9 Å². The minimum atomic E-state index is -0.0202. The molecule has 0 aromatic carbocycles. The zero-order valence-electron chi connectivity index (χ0n) is 9.31. The largest absolute Gasteiger partial charge is 0.354 e. The lowest BCUT2D eigenvalue weighted by molar-refractivity contribution is -0.120. The lowest BCUT2D eigenvalue weighted by atomic mass is 9.70. The summed E-state index contributed by atoms with van der Waals surface area (Å²) in [6.45, 7) is 3.98. The molecule has 4 nitrogen and oxygen atoms in total. The molecule has 0 atom stereocenters. The molecule has 0 aliphatic heterocycles. The third kappa shape index (κ3) is 4.30. The Kier molecular flexibility index (Phi) is 4.57. The highest BCUT2D eigenvalue weighted by Gasteiger charge is 2.30. The first kappa shape index (κ1) is 12.0. The fourth-order valence-electron chi connectivity index (χ4n) is 1.76. The SMILES string of the molecule is CC1(CNCC(=O)NCCC#N)CCC1. The highest BCUT2D eigenvalue weighted by atomic mass is 16.1. The van der Waals surface area contributed by atoms with E-state index in [1.54, 1.807) is 0 Å². The second-order valence-electron chi connectivity index (χ2n) is 4.53. The van der Waals surface area contributed by atoms with Gasteiger partial charge in [-0.15, -0.1) is 0 Å². The van der Waals surface area contributed by atoms with Crippen LogP contribution in [-0.2, 0) is 4.79 Å². The highest BCUT2D eigenvalue weighted by molar-refractivity contribution is 5.77. The van der Waals surface area contributed by atoms with E-state index in [2.05, 4.69) is 17.6 Å². The zero-order valence-corrected chi connectivity index (χ0v) is 9.31. The Morgan fingerprint density at radius 1 is 1.53 bits per heavy atom. The fraction of sp³-hybridized carbons (Fsp3) is 0.818. The molecule has 1 aliphatic carbocycles. The topological polar surface area (TPSA) is 64.9 Å². The molecule has 1 fully saturated rings. The Hall–Kier alpha value is -1.08. The van der Waals surface area contributed by atoms with Gasteiger partial charge in [-0.05, 0) is 18.3 Å². The van der Waals surface area contributed by atoms with Gasteiger partial charge in [-0.3, -0.25) is 4.79 Å². The van der Waals surface area contributed by atoms with Crippen LogP contribution in [0, 0.1) is 16.7 Å². The van der Waals surface area contributed by atoms with Gasteiger partial charge in [-0.1, -0.05) is 13.3 Å². The normalized spacial score (nSPS) is 17.6. The van der Waals surface area contributed by atoms with Crippen molar-refractivity contribution in [1.82, 2.24) is 10.6 Å². The average Bonchev–Trinajstić information content (AvgIpc) is 2.16. The van der Waals surface area contributed by atoms with Crippen LogP contribution in [0.1, 0.15) is 32.6 Å². The Balaban J connectivity index is 1.99. The van der Waals surface area contributed by atoms with E-state index in [1.807, 2.05) is 6.07 Å². The summed E-state index contributed by atoms with van der Waals surface area (Å²) in [6.07, 6.45) is 4.21. The molecule has 0 aromatic rings. The second kappa shape index (κ2) is 5.72. The Morgan fingerprint density at radius 3 is 2.80 bits per heavy atom. The molecule has 84 valence electrons. The molecule has 1 amide bonds. The maximum absolute atomic E-state index is 11.2. The van der Waals surface area contributed by atoms with E-state index in [4.69, 9.17) is 5.26 Å². The summed E-state index contributed by atoms with van der Waals surface area (Å²) in [5.41, 5.74) is 0.410. The van der Waals surface area contributed by atoms with Crippen LogP contribution in [0.15, 0.2) is 0 Å². The van der Waals surface area contributed by atoms with E-state index in [9.17, 15) is 4.79 Å². The molecule has 0 heterocycles. The molecule has 0 radical (unpaired) electrons. The summed E-state index contributed by atoms with van der Waals surface area (Å²) >= 11 is 0. The molecule has 2 N–H and O–H groups in total. The van der Waals surface area contributed by atoms with Crippen LogP contribution in [0.3, 0.4) is 0 Å². The molecule has 0 saturated heterocycles. The maximum Gasteiger partial charge on any atom is 0.233 e. The van der Waals surface area contributed by atoms with Gasteiger partial charge in [0.15, 0.2) is 0 Å². The van der Waals surface area contributed by atoms with Crippen molar-refractivity contribution in [1.29, 1.82) is 5.26 Å². The van der Waals surface area contributed by atoms with Crippen LogP contribution in [0.25, 0.3) is 0 Å². The van der Waals surface area contributed by atoms with Gasteiger partial charge in [0, 0.05) is 13.1 Å². The van der Waals surface area contributed by atoms with Crippen molar-refractivity contribution in [3.8, 4) is 6.07 Å². The molecule has 1 aliphatic rings. The molecule has 1 saturated carbocycles. The number of carbonyl (C=O) groups is 1. The van der Waals surface area contributed by atoms with Crippen molar-refractivity contribution in [2.24, 2.45) is 5.41 Å². The van der Waals surface area contributed by atoms with Crippen molar-refractivity contribution >= 4 is 5.91 Å². The molecule has 0 unspecified atom stereocenters. The average molecular weight is 209 g/mol. The number of nitriles is 1. The monoisotopic (exact) mass is 209 g/mol. The summed E-state index contributed by atoms with van der Waals surface area (Å²) in [7, 11) is 0. The molecule has 0 spiro atoms. The van der Waals surface area contributed by atoms with E-state index < -0.39 is 0 Å². The predicted octanol–water partition coefficient (Wildman–Crippen LogP) is 0.796. The van der Waals surface area contributed by atoms with Gasteiger partial charge >= 0.3 is 0 Å². The van der Waals surface area contributed by atoms with E-state index >= 15 is 0 Å². The van der Waals surface area contributed by atoms with Crippen LogP contribution >= 0.6 is 0 Å². The minimum Gasteiger partial charge on any atom is -0.354 e. The molecular formula is C11H19N3O. The predicted molar refractivity (Wildman–Crippen MR) is 58.1 cm³/mol. The standard InChI is InChI=1S/C11H19N3O/c1-11(4-2-5-11)9-13-8-10(15)14-7-3-6-12/h13H,2-5,7-9H2,1H3,(H,14,15). The van der Waals surface area contributed by atoms with Crippen LogP contribution < -0.4 is 10.6 Å². The number of rotatable bonds is 6. The van der Waals surface area contributed by atoms with Crippen molar-refractivity contribution in [3.05, 3.63) is 0 Å². The summed E-state index contributed by atoms with van der Waals surface area (Å²) in [5, 5.41) is 14.1. The van der Waals surface area contributed by atoms with Crippen molar-refractivity contribution in [2.45, 2.75) is 32.6 Å². The first-order valence-electron chi connectivity index (χ1n) is 5.51. The van der Waals surface area contributed by atoms with Gasteiger partial charge < -0.3 is 10.6 Å². The number of carbonyl (C=O) groups excluding carboxylic acids is 1. The van der Waals surface area contributed by atoms with E-state index in [-0.39, 0.29) is 5.91 Å². The summed E-state index contributed by atoms with van der Waals surface area (Å²) in [4.78, 5) is 11.2. The number of amides is 1. The summed E-state index contributed by atoms with van der Waals surface area (Å²) in [6, 6.07) is 1.99. The van der Waals surface area contributed by atoms with Gasteiger partial charge in [-0.2, -0.15) is 5.26 Å². The smallest absolute Gasteiger partial charge is 0.233 e. The van der Waals surface area contributed by atoms with Gasteiger partial charge in [-0.25, -0.2) is 0 Å². The van der Waals surface area contributed by atoms with Crippen LogP contribution in [0.2, 0.25) is 0 Å². The number of nitrogens with one attached hydrogen (secondary N) is 2. The third-order valence-electron chi connectivity index (χ3n) is 2.96. The Labute approximate surface area is 91.0 Å². The lowest BCUT2D eigenvalue weighted by Gasteiger charge is -2.38. The fourth-order valence-corrected chi connectivity index (χ4v) is 1.76. The Bertz CT molecular complexity index is 253. The van der Waals surface area contributed by atoms with Crippen LogP contribution in [0.5, 0.6) is 0 Å². The number of hydrogen-bond donors (Lipinski definition) is 2. The van der Waals surface area contributed by atoms with Gasteiger partial charge in [0.05, 0.1) is 19.0 Å². The zero-order chi connectivity index (χ0) is 11.1. The second-order valence-corrected chi connectivity index (χ2v) is 4.53. The van der Waals surface area contributed by atoms with Crippen molar-refractivity contribution < 1.29 is 4.79 Å². The van der Waals surface area contributed by atoms with Gasteiger partial charge in [0.1, 0.15) is 0 Å². The molecule has 4 heteroatoms. The number of hydrogen-bond acceptors (Lipinski definition) is 3. The molecule has 15 heavy (non-hydrogen) atoms. The molecular weight excluding hydrogens is 190 g/mol. The highest BCUT2D eigenvalue weighted by Crippen LogP contribution is 2.39. The summed E-state index contributed by atoms with van der Waals surface area (Å²) < 4.78 is 0. The van der Waals surface area contributed by atoms with Gasteiger partial charge in [0.25, 0.3) is 0 Å². The van der Waals surface area contributed by atoms with Crippen molar-refractivity contribution in [3.63, 3.8) is 0 Å². The number of nitrogens with zero attached hydrogens (tertiary/aromatic N) is 1. The molecule has 0 bridgehead atoms. The third-order valence-corrected chi connectivity index (χ3v) is 2.96. The molecule has 0 aromatic heterocycles. The minimum absolute atomic E-state index is 0.0202.